The van der Waals surface area contributed by atoms with E-state index in [2.05, 4.69) is 44.5 Å². The number of carbonyl (C=O) groups is 3. The molecular formula is C23H29N9O5S3. The standard InChI is InChI=1S/C23H29N9O5S3/c1-3-5-6-7-9-37-28-15(14-12-39-22(24)25-14)18(33)26-16-19(34)32-17(21(35)36)13(10-38-20(16)32)11-40-23-27-29-30-31(23)8-4-2/h4,12,16,20H,2-3,5-11H2,1H3,(H2,24,25)(H,26,33)(H,35,36)/b28-15-/t16?,20-/m1/s1. The van der Waals surface area contributed by atoms with E-state index in [9.17, 15) is 19.5 Å². The van der Waals surface area contributed by atoms with Crippen molar-refractivity contribution in [1.82, 2.24) is 35.4 Å². The third kappa shape index (κ3) is 6.64. The summed E-state index contributed by atoms with van der Waals surface area (Å²) in [5, 5.41) is 29.9. The van der Waals surface area contributed by atoms with Crippen LogP contribution < -0.4 is 11.1 Å². The number of tetrazole rings is 1. The van der Waals surface area contributed by atoms with Gasteiger partial charge in [-0.2, -0.15) is 0 Å². The highest BCUT2D eigenvalue weighted by molar-refractivity contribution is 8.01. The minimum Gasteiger partial charge on any atom is -0.477 e. The Morgan fingerprint density at radius 1 is 1.40 bits per heavy atom. The lowest BCUT2D eigenvalue weighted by molar-refractivity contribution is -0.150. The Hall–Kier alpha value is -3.44. The Bertz CT molecular complexity index is 1320. The maximum Gasteiger partial charge on any atom is 0.352 e. The summed E-state index contributed by atoms with van der Waals surface area (Å²) in [6.45, 7) is 6.51. The van der Waals surface area contributed by atoms with Crippen LogP contribution in [0.5, 0.6) is 0 Å². The van der Waals surface area contributed by atoms with Crippen molar-refractivity contribution in [2.75, 3.05) is 23.8 Å². The summed E-state index contributed by atoms with van der Waals surface area (Å²) in [6.07, 6.45) is 5.57. The number of nitrogen functional groups attached to an aromatic ring is 1. The molecule has 1 fully saturated rings. The number of allylic oxidation sites excluding steroid dienone is 1. The minimum absolute atomic E-state index is 0.0916. The number of thioether (sulfide) groups is 2. The molecule has 0 aromatic carbocycles. The lowest BCUT2D eigenvalue weighted by atomic mass is 10.0. The SMILES string of the molecule is C=CCn1nnnc1SCC1=C(C(=O)O)N2C(=O)C(NC(=O)/C(=N\OCCCCCC)c3csc(N)n3)[C@H]2SC1. The van der Waals surface area contributed by atoms with Crippen LogP contribution in [-0.2, 0) is 25.8 Å². The number of hydrogen-bond donors (Lipinski definition) is 3. The van der Waals surface area contributed by atoms with Gasteiger partial charge in [0.15, 0.2) is 10.8 Å². The molecule has 2 amide bonds. The molecule has 0 radical (unpaired) electrons. The zero-order chi connectivity index (χ0) is 28.6. The van der Waals surface area contributed by atoms with Crippen molar-refractivity contribution in [3.05, 3.63) is 35.0 Å². The summed E-state index contributed by atoms with van der Waals surface area (Å²) in [5.74, 6) is -1.78. The van der Waals surface area contributed by atoms with E-state index >= 15 is 0 Å². The molecule has 0 saturated carbocycles. The number of nitrogens with one attached hydrogen (secondary N) is 1. The van der Waals surface area contributed by atoms with Crippen LogP contribution in [-0.4, -0.2) is 88.2 Å². The fourth-order valence-corrected chi connectivity index (χ4v) is 6.92. The van der Waals surface area contributed by atoms with Crippen LogP contribution in [0.15, 0.2) is 39.6 Å². The Morgan fingerprint density at radius 3 is 2.92 bits per heavy atom. The molecule has 17 heteroatoms. The average molecular weight is 608 g/mol. The minimum atomic E-state index is -1.22. The van der Waals surface area contributed by atoms with E-state index in [1.165, 1.54) is 28.4 Å². The summed E-state index contributed by atoms with van der Waals surface area (Å²) >= 11 is 3.78. The van der Waals surface area contributed by atoms with Crippen LogP contribution in [0.2, 0.25) is 0 Å². The average Bonchev–Trinajstić information content (AvgIpc) is 3.57. The van der Waals surface area contributed by atoms with Crippen molar-refractivity contribution in [2.24, 2.45) is 5.16 Å². The zero-order valence-corrected chi connectivity index (χ0v) is 24.1. The number of anilines is 1. The van der Waals surface area contributed by atoms with Crippen LogP contribution in [0.3, 0.4) is 0 Å². The van der Waals surface area contributed by atoms with Crippen molar-refractivity contribution in [3.63, 3.8) is 0 Å². The number of hydrogen-bond acceptors (Lipinski definition) is 13. The number of aliphatic carboxylic acids is 1. The molecule has 1 unspecified atom stereocenters. The van der Waals surface area contributed by atoms with E-state index in [0.717, 1.165) is 37.0 Å². The number of fused-ring (bicyclic) bond motifs is 1. The van der Waals surface area contributed by atoms with E-state index in [-0.39, 0.29) is 28.0 Å². The molecule has 4 heterocycles. The van der Waals surface area contributed by atoms with Gasteiger partial charge in [0, 0.05) is 16.9 Å². The predicted octanol–water partition coefficient (Wildman–Crippen LogP) is 1.73. The van der Waals surface area contributed by atoms with E-state index in [1.54, 1.807) is 16.1 Å². The number of carboxylic acid groups (broad SMARTS) is 1. The molecule has 0 spiro atoms. The third-order valence-electron chi connectivity index (χ3n) is 5.94. The molecule has 4 N–H and O–H groups in total. The van der Waals surface area contributed by atoms with Gasteiger partial charge in [0.25, 0.3) is 11.8 Å². The lowest BCUT2D eigenvalue weighted by Crippen LogP contribution is -2.71. The molecule has 14 nitrogen and oxygen atoms in total. The van der Waals surface area contributed by atoms with E-state index in [4.69, 9.17) is 10.6 Å². The van der Waals surface area contributed by atoms with Crippen molar-refractivity contribution < 1.29 is 24.3 Å². The van der Waals surface area contributed by atoms with Gasteiger partial charge in [0.2, 0.25) is 5.16 Å². The van der Waals surface area contributed by atoms with Gasteiger partial charge in [-0.05, 0) is 28.8 Å². The van der Waals surface area contributed by atoms with Gasteiger partial charge in [-0.25, -0.2) is 14.5 Å². The summed E-state index contributed by atoms with van der Waals surface area (Å²) in [4.78, 5) is 49.3. The van der Waals surface area contributed by atoms with Gasteiger partial charge < -0.3 is 21.0 Å². The number of thiazole rings is 1. The number of carboxylic acids is 1. The number of carbonyl (C=O) groups excluding carboxylic acids is 2. The first-order valence-corrected chi connectivity index (χ1v) is 15.4. The molecule has 214 valence electrons. The molecular weight excluding hydrogens is 579 g/mol. The summed E-state index contributed by atoms with van der Waals surface area (Å²) in [5.41, 5.74) is 6.35. The first kappa shape index (κ1) is 29.5. The van der Waals surface area contributed by atoms with Crippen LogP contribution >= 0.6 is 34.9 Å². The second kappa shape index (κ2) is 13.8. The topological polar surface area (TPSA) is 191 Å². The number of aromatic nitrogens is 5. The number of unbranched alkanes of at least 4 members (excludes halogenated alkanes) is 3. The molecule has 1 saturated heterocycles. The van der Waals surface area contributed by atoms with Gasteiger partial charge in [-0.3, -0.25) is 14.5 Å². The van der Waals surface area contributed by atoms with Gasteiger partial charge in [-0.15, -0.1) is 34.8 Å². The van der Waals surface area contributed by atoms with Gasteiger partial charge in [0.1, 0.15) is 29.4 Å². The molecule has 2 atom stereocenters. The van der Waals surface area contributed by atoms with E-state index in [1.807, 2.05) is 0 Å². The number of β-lactam (4-membered cyclic amide) rings is 1. The fraction of sp³-hybridized carbons (Fsp3) is 0.478. The highest BCUT2D eigenvalue weighted by Gasteiger charge is 2.54. The first-order chi connectivity index (χ1) is 19.3. The Morgan fingerprint density at radius 2 is 2.23 bits per heavy atom. The molecule has 2 aliphatic rings. The molecule has 40 heavy (non-hydrogen) atoms. The van der Waals surface area contributed by atoms with Gasteiger partial charge in [-0.1, -0.05) is 42.8 Å². The molecule has 2 aliphatic heterocycles. The Labute approximate surface area is 242 Å². The molecule has 2 aromatic heterocycles. The summed E-state index contributed by atoms with van der Waals surface area (Å²) in [7, 11) is 0. The normalized spacial score (nSPS) is 18.8. The van der Waals surface area contributed by atoms with Crippen LogP contribution in [0.4, 0.5) is 5.13 Å². The molecule has 4 rings (SSSR count). The first-order valence-electron chi connectivity index (χ1n) is 12.5. The number of nitrogens with two attached hydrogens (primary N) is 1. The highest BCUT2D eigenvalue weighted by atomic mass is 32.2. The summed E-state index contributed by atoms with van der Waals surface area (Å²) in [6, 6.07) is -0.938. The van der Waals surface area contributed by atoms with Crippen molar-refractivity contribution in [3.8, 4) is 0 Å². The van der Waals surface area contributed by atoms with E-state index in [0.29, 0.717) is 29.6 Å². The lowest BCUT2D eigenvalue weighted by Gasteiger charge is -2.49. The van der Waals surface area contributed by atoms with Crippen molar-refractivity contribution in [2.45, 2.75) is 55.7 Å². The number of oxime groups is 1. The van der Waals surface area contributed by atoms with Crippen molar-refractivity contribution >= 4 is 63.5 Å². The predicted molar refractivity (Wildman–Crippen MR) is 152 cm³/mol. The van der Waals surface area contributed by atoms with Gasteiger partial charge >= 0.3 is 5.97 Å². The second-order valence-corrected chi connectivity index (χ2v) is 11.7. The molecule has 2 aromatic rings. The number of rotatable bonds is 15. The smallest absolute Gasteiger partial charge is 0.352 e. The zero-order valence-electron chi connectivity index (χ0n) is 21.7. The second-order valence-electron chi connectivity index (χ2n) is 8.74. The Balaban J connectivity index is 1.44. The maximum absolute atomic E-state index is 13.2. The van der Waals surface area contributed by atoms with Crippen LogP contribution in [0.25, 0.3) is 0 Å². The number of nitrogens with zero attached hydrogens (tertiary/aromatic N) is 7. The summed E-state index contributed by atoms with van der Waals surface area (Å²) < 4.78 is 1.54. The fourth-order valence-electron chi connectivity index (χ4n) is 4.00. The quantitative estimate of drug-likeness (QED) is 0.0664. The largest absolute Gasteiger partial charge is 0.477 e. The van der Waals surface area contributed by atoms with Crippen LogP contribution in [0.1, 0.15) is 38.3 Å². The molecule has 0 aliphatic carbocycles. The maximum atomic E-state index is 13.2. The van der Waals surface area contributed by atoms with Crippen LogP contribution in [0, 0.1) is 0 Å². The molecule has 0 bridgehead atoms. The van der Waals surface area contributed by atoms with Gasteiger partial charge in [0.05, 0.1) is 6.54 Å². The number of amides is 2. The van der Waals surface area contributed by atoms with Crippen molar-refractivity contribution in [1.29, 1.82) is 0 Å². The monoisotopic (exact) mass is 607 g/mol. The highest BCUT2D eigenvalue weighted by Crippen LogP contribution is 2.41. The Kier molecular flexibility index (Phi) is 10.2. The van der Waals surface area contributed by atoms with E-state index < -0.39 is 29.2 Å². The third-order valence-corrected chi connectivity index (χ3v) is 8.99.